The Morgan fingerprint density at radius 3 is 2.75 bits per heavy atom. The van der Waals surface area contributed by atoms with Crippen molar-refractivity contribution in [3.05, 3.63) is 24.0 Å². The fourth-order valence-corrected chi connectivity index (χ4v) is 3.03. The second-order valence-corrected chi connectivity index (χ2v) is 5.53. The van der Waals surface area contributed by atoms with E-state index in [1.165, 1.54) is 19.3 Å². The van der Waals surface area contributed by atoms with Crippen molar-refractivity contribution in [1.29, 1.82) is 0 Å². The number of alkyl halides is 1. The Morgan fingerprint density at radius 1 is 1.25 bits per heavy atom. The zero-order valence-electron chi connectivity index (χ0n) is 11.8. The Kier molecular flexibility index (Phi) is 4.01. The number of fused-ring (bicyclic) bond motifs is 1. The molecule has 0 unspecified atom stereocenters. The van der Waals surface area contributed by atoms with Gasteiger partial charge in [0.15, 0.2) is 0 Å². The Labute approximate surface area is 124 Å². The summed E-state index contributed by atoms with van der Waals surface area (Å²) < 4.78 is 7.55. The van der Waals surface area contributed by atoms with E-state index in [9.17, 15) is 0 Å². The van der Waals surface area contributed by atoms with E-state index in [4.69, 9.17) is 21.3 Å². The number of ether oxygens (including phenoxy) is 1. The minimum atomic E-state index is 0.592. The molecule has 0 bridgehead atoms. The third-order valence-corrected chi connectivity index (χ3v) is 4.03. The molecular weight excluding hydrogens is 274 g/mol. The van der Waals surface area contributed by atoms with Crippen LogP contribution < -0.4 is 9.75 Å². The monoisotopic (exact) mass is 293 g/mol. The largest absolute Gasteiger partial charge is 0.497 e. The van der Waals surface area contributed by atoms with Crippen LogP contribution in [0.25, 0.3) is 11.0 Å². The first kappa shape index (κ1) is 13.6. The van der Waals surface area contributed by atoms with Crippen LogP contribution in [0.3, 0.4) is 0 Å². The number of hydrogen-bond acceptors (Lipinski definition) is 3. The van der Waals surface area contributed by atoms with E-state index < -0.39 is 0 Å². The van der Waals surface area contributed by atoms with Gasteiger partial charge in [0.2, 0.25) is 0 Å². The van der Waals surface area contributed by atoms with Crippen LogP contribution in [0.2, 0.25) is 0 Å². The lowest BCUT2D eigenvalue weighted by atomic mass is 10.2. The second-order valence-electron chi connectivity index (χ2n) is 5.15. The first-order valence-corrected chi connectivity index (χ1v) is 7.73. The predicted octanol–water partition coefficient (Wildman–Crippen LogP) is 2.95. The summed E-state index contributed by atoms with van der Waals surface area (Å²) >= 11 is 5.94. The quantitative estimate of drug-likeness (QED) is 0.812. The summed E-state index contributed by atoms with van der Waals surface area (Å²) in [5.41, 5.74) is 2.13. The summed E-state index contributed by atoms with van der Waals surface area (Å²) in [7, 11) is 1.68. The minimum Gasteiger partial charge on any atom is -0.497 e. The maximum absolute atomic E-state index is 5.94. The van der Waals surface area contributed by atoms with Crippen molar-refractivity contribution in [2.75, 3.05) is 31.1 Å². The van der Waals surface area contributed by atoms with Gasteiger partial charge in [0.25, 0.3) is 0 Å². The Hall–Kier alpha value is -1.42. The zero-order chi connectivity index (χ0) is 13.9. The number of aromatic nitrogens is 2. The average Bonchev–Trinajstić information content (AvgIpc) is 2.85. The maximum atomic E-state index is 5.94. The van der Waals surface area contributed by atoms with Gasteiger partial charge in [-0.15, -0.1) is 11.6 Å². The van der Waals surface area contributed by atoms with Crippen LogP contribution in [0.15, 0.2) is 18.2 Å². The summed E-state index contributed by atoms with van der Waals surface area (Å²) in [5, 5.41) is 2.40. The fraction of sp³-hybridized carbons (Fsp3) is 0.533. The van der Waals surface area contributed by atoms with Crippen LogP contribution >= 0.6 is 11.6 Å². The third kappa shape index (κ3) is 2.44. The van der Waals surface area contributed by atoms with Gasteiger partial charge in [0, 0.05) is 31.5 Å². The molecular formula is C15H20ClN3O. The Morgan fingerprint density at radius 2 is 2.05 bits per heavy atom. The van der Waals surface area contributed by atoms with Crippen molar-refractivity contribution in [3.63, 3.8) is 0 Å². The molecule has 1 aromatic carbocycles. The molecule has 1 aliphatic heterocycles. The third-order valence-electron chi connectivity index (χ3n) is 3.84. The normalized spacial score (nSPS) is 15.8. The fourth-order valence-electron chi connectivity index (χ4n) is 2.86. The highest BCUT2D eigenvalue weighted by Crippen LogP contribution is 2.24. The van der Waals surface area contributed by atoms with E-state index in [-0.39, 0.29) is 0 Å². The lowest BCUT2D eigenvalue weighted by Crippen LogP contribution is -2.40. The van der Waals surface area contributed by atoms with Gasteiger partial charge in [-0.25, -0.2) is 9.66 Å². The number of rotatable bonds is 4. The number of hydrogen-bond donors (Lipinski definition) is 0. The van der Waals surface area contributed by atoms with Gasteiger partial charge in [-0.05, 0) is 31.4 Å². The second kappa shape index (κ2) is 5.92. The van der Waals surface area contributed by atoms with Gasteiger partial charge in [-0.2, -0.15) is 0 Å². The number of imidazole rings is 1. The molecule has 1 aliphatic rings. The van der Waals surface area contributed by atoms with E-state index in [0.717, 1.165) is 42.1 Å². The molecule has 1 saturated heterocycles. The molecule has 2 heterocycles. The molecule has 20 heavy (non-hydrogen) atoms. The molecule has 2 aromatic rings. The topological polar surface area (TPSA) is 30.3 Å². The highest BCUT2D eigenvalue weighted by Gasteiger charge is 2.18. The Bertz CT molecular complexity index is 590. The number of halogens is 1. The van der Waals surface area contributed by atoms with Crippen molar-refractivity contribution in [2.24, 2.45) is 0 Å². The minimum absolute atomic E-state index is 0.592. The van der Waals surface area contributed by atoms with Gasteiger partial charge in [-0.1, -0.05) is 0 Å². The summed E-state index contributed by atoms with van der Waals surface area (Å²) in [6.45, 7) is 2.18. The zero-order valence-corrected chi connectivity index (χ0v) is 12.6. The first-order valence-electron chi connectivity index (χ1n) is 7.20. The number of aryl methyl sites for hydroxylation is 1. The van der Waals surface area contributed by atoms with Crippen molar-refractivity contribution < 1.29 is 4.74 Å². The number of methoxy groups -OCH3 is 1. The van der Waals surface area contributed by atoms with Crippen LogP contribution in [0.4, 0.5) is 0 Å². The van der Waals surface area contributed by atoms with Gasteiger partial charge < -0.3 is 9.75 Å². The molecule has 1 fully saturated rings. The van der Waals surface area contributed by atoms with Crippen LogP contribution in [-0.2, 0) is 6.42 Å². The SMILES string of the molecule is COc1ccc2c(c1)nc(CCCl)n2N1CCCCC1. The molecule has 108 valence electrons. The van der Waals surface area contributed by atoms with Crippen LogP contribution in [0, 0.1) is 0 Å². The molecule has 4 nitrogen and oxygen atoms in total. The molecule has 0 atom stereocenters. The predicted molar refractivity (Wildman–Crippen MR) is 82.5 cm³/mol. The first-order chi connectivity index (χ1) is 9.83. The van der Waals surface area contributed by atoms with E-state index in [1.54, 1.807) is 7.11 Å². The molecule has 3 rings (SSSR count). The van der Waals surface area contributed by atoms with E-state index in [2.05, 4.69) is 15.8 Å². The molecule has 1 aromatic heterocycles. The van der Waals surface area contributed by atoms with Gasteiger partial charge in [0.05, 0.1) is 18.1 Å². The molecule has 0 amide bonds. The summed E-state index contributed by atoms with van der Waals surface area (Å²) in [5.74, 6) is 2.48. The van der Waals surface area contributed by atoms with E-state index in [1.807, 2.05) is 12.1 Å². The maximum Gasteiger partial charge on any atom is 0.130 e. The summed E-state index contributed by atoms with van der Waals surface area (Å²) in [6, 6.07) is 6.08. The van der Waals surface area contributed by atoms with E-state index >= 15 is 0 Å². The lowest BCUT2D eigenvalue weighted by molar-refractivity contribution is 0.415. The lowest BCUT2D eigenvalue weighted by Gasteiger charge is -2.31. The van der Waals surface area contributed by atoms with Crippen LogP contribution in [-0.4, -0.2) is 35.7 Å². The summed E-state index contributed by atoms with van der Waals surface area (Å²) in [4.78, 5) is 4.74. The van der Waals surface area contributed by atoms with E-state index in [0.29, 0.717) is 5.88 Å². The molecule has 0 saturated carbocycles. The molecule has 0 aliphatic carbocycles. The van der Waals surface area contributed by atoms with Crippen LogP contribution in [0.5, 0.6) is 5.75 Å². The van der Waals surface area contributed by atoms with Gasteiger partial charge >= 0.3 is 0 Å². The Balaban J connectivity index is 2.08. The number of nitrogens with zero attached hydrogens (tertiary/aromatic N) is 3. The summed E-state index contributed by atoms with van der Waals surface area (Å²) in [6.07, 6.45) is 4.60. The molecule has 0 N–H and O–H groups in total. The van der Waals surface area contributed by atoms with Crippen molar-refractivity contribution in [3.8, 4) is 5.75 Å². The molecule has 0 radical (unpaired) electrons. The van der Waals surface area contributed by atoms with Crippen molar-refractivity contribution >= 4 is 22.6 Å². The van der Waals surface area contributed by atoms with Crippen molar-refractivity contribution in [1.82, 2.24) is 9.66 Å². The van der Waals surface area contributed by atoms with Crippen molar-refractivity contribution in [2.45, 2.75) is 25.7 Å². The van der Waals surface area contributed by atoms with Gasteiger partial charge in [0.1, 0.15) is 11.6 Å². The molecule has 0 spiro atoms. The standard InChI is InChI=1S/C15H20ClN3O/c1-20-12-5-6-14-13(11-12)17-15(7-8-16)19(14)18-9-3-2-4-10-18/h5-6,11H,2-4,7-10H2,1H3. The van der Waals surface area contributed by atoms with Crippen LogP contribution in [0.1, 0.15) is 25.1 Å². The van der Waals surface area contributed by atoms with Gasteiger partial charge in [-0.3, -0.25) is 0 Å². The molecule has 5 heteroatoms. The number of benzene rings is 1. The average molecular weight is 294 g/mol. The highest BCUT2D eigenvalue weighted by atomic mass is 35.5. The number of piperidine rings is 1. The smallest absolute Gasteiger partial charge is 0.130 e. The highest BCUT2D eigenvalue weighted by molar-refractivity contribution is 6.17.